The number of carbonyl (C=O) groups is 1. The third kappa shape index (κ3) is 4.97. The van der Waals surface area contributed by atoms with Gasteiger partial charge in [-0.1, -0.05) is 17.4 Å². The van der Waals surface area contributed by atoms with Crippen molar-refractivity contribution in [3.8, 4) is 10.8 Å². The van der Waals surface area contributed by atoms with Crippen molar-refractivity contribution >= 4 is 40.1 Å². The molecular formula is C18H16F2N4O2S2. The fraction of sp³-hybridized carbons (Fsp3) is 0.111. The first kappa shape index (κ1) is 20.1. The quantitative estimate of drug-likeness (QED) is 0.541. The van der Waals surface area contributed by atoms with Crippen LogP contribution in [0.2, 0.25) is 0 Å². The first-order valence-electron chi connectivity index (χ1n) is 8.03. The molecule has 0 bridgehead atoms. The van der Waals surface area contributed by atoms with Crippen molar-refractivity contribution in [1.82, 2.24) is 9.71 Å². The summed E-state index contributed by atoms with van der Waals surface area (Å²) in [6.07, 6.45) is 1.39. The number of thiazole rings is 1. The molecule has 0 spiro atoms. The van der Waals surface area contributed by atoms with Crippen LogP contribution in [0.15, 0.2) is 53.6 Å². The summed E-state index contributed by atoms with van der Waals surface area (Å²) in [7, 11) is 3.46. The van der Waals surface area contributed by atoms with Crippen LogP contribution in [0.1, 0.15) is 0 Å². The van der Waals surface area contributed by atoms with Crippen LogP contribution in [0.3, 0.4) is 0 Å². The molecule has 2 amide bonds. The number of urea groups is 1. The third-order valence-corrected chi connectivity index (χ3v) is 5.02. The molecule has 28 heavy (non-hydrogen) atoms. The van der Waals surface area contributed by atoms with Crippen molar-refractivity contribution in [2.45, 2.75) is 4.90 Å². The highest BCUT2D eigenvalue weighted by Gasteiger charge is 2.14. The van der Waals surface area contributed by atoms with Crippen LogP contribution in [0.5, 0.6) is 10.8 Å². The van der Waals surface area contributed by atoms with E-state index in [0.717, 1.165) is 28.4 Å². The second-order valence-corrected chi connectivity index (χ2v) is 7.53. The third-order valence-electron chi connectivity index (χ3n) is 3.54. The zero-order valence-electron chi connectivity index (χ0n) is 14.9. The van der Waals surface area contributed by atoms with E-state index in [4.69, 9.17) is 4.74 Å². The fourth-order valence-electron chi connectivity index (χ4n) is 2.19. The van der Waals surface area contributed by atoms with Crippen molar-refractivity contribution in [3.05, 3.63) is 60.3 Å². The summed E-state index contributed by atoms with van der Waals surface area (Å²) in [5.74, 6) is -1.82. The minimum absolute atomic E-state index is 0.136. The van der Waals surface area contributed by atoms with E-state index in [-0.39, 0.29) is 11.8 Å². The Balaban J connectivity index is 1.64. The van der Waals surface area contributed by atoms with E-state index in [9.17, 15) is 13.6 Å². The molecule has 1 heterocycles. The molecule has 0 saturated heterocycles. The summed E-state index contributed by atoms with van der Waals surface area (Å²) in [4.78, 5) is 19.0. The molecule has 3 aromatic rings. The molecule has 2 N–H and O–H groups in total. The van der Waals surface area contributed by atoms with Gasteiger partial charge in [0.1, 0.15) is 5.75 Å². The summed E-state index contributed by atoms with van der Waals surface area (Å²) >= 11 is 2.51. The van der Waals surface area contributed by atoms with Crippen LogP contribution >= 0.6 is 23.3 Å². The molecule has 0 unspecified atom stereocenters. The van der Waals surface area contributed by atoms with Crippen molar-refractivity contribution in [2.24, 2.45) is 0 Å². The largest absolute Gasteiger partial charge is 0.445 e. The molecule has 0 atom stereocenters. The number of nitrogens with zero attached hydrogens (tertiary/aromatic N) is 2. The lowest BCUT2D eigenvalue weighted by atomic mass is 10.3. The first-order chi connectivity index (χ1) is 13.5. The lowest BCUT2D eigenvalue weighted by Gasteiger charge is -2.17. The highest BCUT2D eigenvalue weighted by molar-refractivity contribution is 7.97. The normalized spacial score (nSPS) is 10.6. The van der Waals surface area contributed by atoms with Crippen LogP contribution in [-0.4, -0.2) is 25.1 Å². The van der Waals surface area contributed by atoms with E-state index in [2.05, 4.69) is 15.0 Å². The number of hydrogen-bond acceptors (Lipinski definition) is 6. The van der Waals surface area contributed by atoms with E-state index in [0.29, 0.717) is 15.9 Å². The van der Waals surface area contributed by atoms with Gasteiger partial charge >= 0.3 is 6.03 Å². The van der Waals surface area contributed by atoms with E-state index in [1.165, 1.54) is 29.1 Å². The van der Waals surface area contributed by atoms with Crippen LogP contribution in [0.25, 0.3) is 0 Å². The van der Waals surface area contributed by atoms with Crippen molar-refractivity contribution in [3.63, 3.8) is 0 Å². The number of halogens is 2. The van der Waals surface area contributed by atoms with Gasteiger partial charge < -0.3 is 4.74 Å². The standard InChI is InChI=1S/C18H16F2N4O2S2/c1-21-28-13-5-3-4-11(8-13)24(2)18(25)23-17-22-10-16(27-17)26-12-6-7-14(19)15(20)9-12/h3-10,21H,1-2H3,(H,22,23,25). The number of nitrogens with one attached hydrogen (secondary N) is 2. The zero-order valence-corrected chi connectivity index (χ0v) is 16.5. The molecule has 6 nitrogen and oxygen atoms in total. The molecule has 146 valence electrons. The van der Waals surface area contributed by atoms with Crippen LogP contribution in [0.4, 0.5) is 24.4 Å². The Kier molecular flexibility index (Phi) is 6.45. The minimum Gasteiger partial charge on any atom is -0.445 e. The Morgan fingerprint density at radius 1 is 1.21 bits per heavy atom. The summed E-state index contributed by atoms with van der Waals surface area (Å²) in [6.45, 7) is 0. The molecule has 10 heteroatoms. The van der Waals surface area contributed by atoms with E-state index in [1.807, 2.05) is 31.3 Å². The second-order valence-electron chi connectivity index (χ2n) is 5.46. The molecule has 0 saturated carbocycles. The summed E-state index contributed by atoms with van der Waals surface area (Å²) < 4.78 is 34.6. The lowest BCUT2D eigenvalue weighted by molar-refractivity contribution is 0.258. The molecule has 0 aliphatic rings. The Morgan fingerprint density at radius 3 is 2.79 bits per heavy atom. The van der Waals surface area contributed by atoms with Gasteiger partial charge in [0, 0.05) is 23.7 Å². The number of hydrogen-bond donors (Lipinski definition) is 2. The maximum absolute atomic E-state index is 13.3. The zero-order chi connectivity index (χ0) is 20.1. The Hall–Kier alpha value is -2.69. The fourth-order valence-corrected chi connectivity index (χ4v) is 3.43. The predicted octanol–water partition coefficient (Wildman–Crippen LogP) is 5.11. The van der Waals surface area contributed by atoms with Crippen molar-refractivity contribution in [2.75, 3.05) is 24.3 Å². The highest BCUT2D eigenvalue weighted by Crippen LogP contribution is 2.31. The SMILES string of the molecule is CNSc1cccc(N(C)C(=O)Nc2ncc(Oc3ccc(F)c(F)c3)s2)c1. The molecule has 0 aliphatic carbocycles. The van der Waals surface area contributed by atoms with Gasteiger partial charge in [-0.2, -0.15) is 0 Å². The van der Waals surface area contributed by atoms with Crippen LogP contribution < -0.4 is 19.7 Å². The monoisotopic (exact) mass is 422 g/mol. The smallest absolute Gasteiger partial charge is 0.327 e. The van der Waals surface area contributed by atoms with E-state index >= 15 is 0 Å². The molecule has 3 rings (SSSR count). The summed E-state index contributed by atoms with van der Waals surface area (Å²) in [5, 5.41) is 3.32. The van der Waals surface area contributed by atoms with Gasteiger partial charge in [0.2, 0.25) is 5.06 Å². The van der Waals surface area contributed by atoms with Gasteiger partial charge in [-0.3, -0.25) is 14.9 Å². The molecular weight excluding hydrogens is 406 g/mol. The number of anilines is 2. The average Bonchev–Trinajstić information content (AvgIpc) is 3.11. The first-order valence-corrected chi connectivity index (χ1v) is 9.66. The number of carbonyl (C=O) groups excluding carboxylic acids is 1. The molecule has 1 aromatic heterocycles. The Morgan fingerprint density at radius 2 is 2.04 bits per heavy atom. The van der Waals surface area contributed by atoms with Crippen molar-refractivity contribution in [1.29, 1.82) is 0 Å². The Labute approximate surface area is 168 Å². The van der Waals surface area contributed by atoms with Crippen molar-refractivity contribution < 1.29 is 18.3 Å². The van der Waals surface area contributed by atoms with E-state index < -0.39 is 11.6 Å². The lowest BCUT2D eigenvalue weighted by Crippen LogP contribution is -2.31. The van der Waals surface area contributed by atoms with Crippen LogP contribution in [-0.2, 0) is 0 Å². The number of aromatic nitrogens is 1. The van der Waals surface area contributed by atoms with Gasteiger partial charge in [0.05, 0.1) is 6.20 Å². The number of ether oxygens (including phenoxy) is 1. The van der Waals surface area contributed by atoms with Gasteiger partial charge in [-0.05, 0) is 49.3 Å². The van der Waals surface area contributed by atoms with Gasteiger partial charge in [0.25, 0.3) is 0 Å². The van der Waals surface area contributed by atoms with Gasteiger partial charge in [-0.15, -0.1) is 0 Å². The maximum Gasteiger partial charge on any atom is 0.327 e. The molecule has 0 radical (unpaired) electrons. The molecule has 2 aromatic carbocycles. The van der Waals surface area contributed by atoms with Crippen LogP contribution in [0, 0.1) is 11.6 Å². The number of rotatable bonds is 6. The Bertz CT molecular complexity index is 984. The number of amides is 2. The van der Waals surface area contributed by atoms with Gasteiger partial charge in [0.15, 0.2) is 16.8 Å². The summed E-state index contributed by atoms with van der Waals surface area (Å²) in [5.41, 5.74) is 0.715. The number of benzene rings is 2. The molecule has 0 aliphatic heterocycles. The predicted molar refractivity (Wildman–Crippen MR) is 107 cm³/mol. The minimum atomic E-state index is -1.00. The maximum atomic E-state index is 13.3. The van der Waals surface area contributed by atoms with E-state index in [1.54, 1.807) is 7.05 Å². The topological polar surface area (TPSA) is 66.5 Å². The summed E-state index contributed by atoms with van der Waals surface area (Å²) in [6, 6.07) is 10.3. The second kappa shape index (κ2) is 9.00. The average molecular weight is 422 g/mol. The van der Waals surface area contributed by atoms with Gasteiger partial charge in [-0.25, -0.2) is 18.6 Å². The highest BCUT2D eigenvalue weighted by atomic mass is 32.2. The molecule has 0 fully saturated rings.